The summed E-state index contributed by atoms with van der Waals surface area (Å²) >= 11 is 0. The highest BCUT2D eigenvalue weighted by atomic mass is 15.2. The first-order valence-corrected chi connectivity index (χ1v) is 45.3. The molecule has 27 aromatic rings. The predicted octanol–water partition coefficient (Wildman–Crippen LogP) is 31.5. The molecule has 0 aliphatic heterocycles. The van der Waals surface area contributed by atoms with Crippen LogP contribution in [0.1, 0.15) is 0 Å². The maximum atomic E-state index is 5.37. The van der Waals surface area contributed by atoms with Gasteiger partial charge in [0, 0.05) is 81.7 Å². The van der Waals surface area contributed by atoms with Crippen molar-refractivity contribution in [3.63, 3.8) is 0 Å². The maximum Gasteiger partial charge on any atom is 0.238 e. The van der Waals surface area contributed by atoms with Crippen LogP contribution in [0.25, 0.3) is 282 Å². The molecule has 30 rings (SSSR count). The van der Waals surface area contributed by atoms with Gasteiger partial charge in [0.15, 0.2) is 11.6 Å². The molecule has 10 heteroatoms. The van der Waals surface area contributed by atoms with Gasteiger partial charge in [0.05, 0.1) is 55.7 Å². The van der Waals surface area contributed by atoms with E-state index in [9.17, 15) is 0 Å². The second-order valence-electron chi connectivity index (χ2n) is 34.8. The summed E-state index contributed by atoms with van der Waals surface area (Å²) in [6, 6.07) is 155. The van der Waals surface area contributed by atoms with Crippen molar-refractivity contribution < 1.29 is 0 Å². The highest BCUT2D eigenvalue weighted by molar-refractivity contribution is 6.37. The van der Waals surface area contributed by atoms with E-state index in [1.165, 1.54) is 164 Å². The molecular formula is C123H72N10. The van der Waals surface area contributed by atoms with E-state index in [4.69, 9.17) is 34.9 Å². The number of aromatic nitrogens is 10. The summed E-state index contributed by atoms with van der Waals surface area (Å²) in [7, 11) is 0. The molecule has 10 nitrogen and oxygen atoms in total. The number of para-hydroxylation sites is 1. The van der Waals surface area contributed by atoms with Crippen molar-refractivity contribution in [3.05, 3.63) is 437 Å². The Labute approximate surface area is 762 Å². The van der Waals surface area contributed by atoms with Crippen LogP contribution in [0.15, 0.2) is 437 Å². The van der Waals surface area contributed by atoms with E-state index in [0.29, 0.717) is 29.5 Å². The third-order valence-corrected chi connectivity index (χ3v) is 27.6. The highest BCUT2D eigenvalue weighted by Gasteiger charge is 2.33. The highest BCUT2D eigenvalue weighted by Crippen LogP contribution is 2.56. The Kier molecular flexibility index (Phi) is 16.3. The average molecular weight is 1690 g/mol. The fourth-order valence-corrected chi connectivity index (χ4v) is 21.9. The van der Waals surface area contributed by atoms with Crippen LogP contribution >= 0.6 is 0 Å². The molecule has 133 heavy (non-hydrogen) atoms. The molecule has 0 N–H and O–H groups in total. The number of hydrogen-bond acceptors (Lipinski definition) is 7. The van der Waals surface area contributed by atoms with E-state index in [0.717, 1.165) is 88.9 Å². The summed E-state index contributed by atoms with van der Waals surface area (Å²) in [6.07, 6.45) is 0. The first-order chi connectivity index (χ1) is 66.0. The molecule has 0 unspecified atom stereocenters. The standard InChI is InChI=1S/C42H25N3.C41H24N4.C40H23N3/c1-3-12-26(13-4-1)35-25-36(27-14-5-2-6-15-27)44-42(43-35)45-37-23-22-28-17-11-21-33-31-19-9-10-20-32(31)34-24-29-16-7-8-18-30(29)41(45)39(34)40(37)38(28)33;1-3-12-26(13-4-1)39-42-40(27-14-5-2-6-15-27)44-41(43-39)45-34-23-22-25-17-11-21-32-30-19-9-10-20-31(30)33-24-28-16-7-8-18-29(28)38(45)36(33)37(34)35(25)32;1-2-11-25(12-3-1)38-31-18-8-9-20-33(31)41-40(42-38)43-34-22-21-24-14-10-19-30-28-16-6-7-17-29(28)32-23-26-13-4-5-15-27(26)39(43)36(32)37(34)35(24)30/h1-25H;1-24H;1-23H. The summed E-state index contributed by atoms with van der Waals surface area (Å²) in [4.78, 5) is 36.7. The molecule has 6 aromatic heterocycles. The minimum absolute atomic E-state index is 0.607. The van der Waals surface area contributed by atoms with Crippen LogP contribution in [-0.4, -0.2) is 48.6 Å². The summed E-state index contributed by atoms with van der Waals surface area (Å²) < 4.78 is 6.92. The quantitative estimate of drug-likeness (QED) is 0.149. The fraction of sp³-hybridized carbons (Fsp3) is 0. The van der Waals surface area contributed by atoms with Gasteiger partial charge in [-0.1, -0.05) is 388 Å². The van der Waals surface area contributed by atoms with E-state index < -0.39 is 0 Å². The zero-order valence-electron chi connectivity index (χ0n) is 71.5. The van der Waals surface area contributed by atoms with Crippen molar-refractivity contribution in [3.8, 4) is 141 Å². The Bertz CT molecular complexity index is 9150. The van der Waals surface area contributed by atoms with Crippen molar-refractivity contribution >= 4 is 141 Å². The van der Waals surface area contributed by atoms with Crippen molar-refractivity contribution in [2.24, 2.45) is 0 Å². The zero-order chi connectivity index (χ0) is 87.0. The Morgan fingerprint density at radius 3 is 0.820 bits per heavy atom. The van der Waals surface area contributed by atoms with Gasteiger partial charge in [-0.05, 0) is 164 Å². The van der Waals surface area contributed by atoms with Gasteiger partial charge < -0.3 is 0 Å². The Hall–Kier alpha value is -18.0. The van der Waals surface area contributed by atoms with Gasteiger partial charge >= 0.3 is 0 Å². The molecule has 0 saturated heterocycles. The molecule has 0 saturated carbocycles. The molecule has 0 spiro atoms. The lowest BCUT2D eigenvalue weighted by Gasteiger charge is -2.15. The second kappa shape index (κ2) is 29.3. The third kappa shape index (κ3) is 11.3. The van der Waals surface area contributed by atoms with E-state index >= 15 is 0 Å². The summed E-state index contributed by atoms with van der Waals surface area (Å²) in [6.45, 7) is 0. The van der Waals surface area contributed by atoms with Crippen molar-refractivity contribution in [1.82, 2.24) is 48.6 Å². The first kappa shape index (κ1) is 74.1. The van der Waals surface area contributed by atoms with Crippen LogP contribution < -0.4 is 0 Å². The van der Waals surface area contributed by atoms with Gasteiger partial charge in [0.1, 0.15) is 0 Å². The molecule has 0 radical (unpaired) electrons. The largest absolute Gasteiger partial charge is 0.277 e. The maximum absolute atomic E-state index is 5.37. The molecule has 21 aromatic carbocycles. The minimum atomic E-state index is 0.607. The van der Waals surface area contributed by atoms with Crippen LogP contribution in [0.4, 0.5) is 0 Å². The molecule has 6 heterocycles. The number of fused-ring (bicyclic) bond motifs is 16. The van der Waals surface area contributed by atoms with E-state index in [-0.39, 0.29) is 0 Å². The van der Waals surface area contributed by atoms with Gasteiger partial charge in [-0.15, -0.1) is 0 Å². The fourth-order valence-electron chi connectivity index (χ4n) is 21.9. The molecule has 3 aliphatic carbocycles. The van der Waals surface area contributed by atoms with Crippen LogP contribution in [0.3, 0.4) is 0 Å². The van der Waals surface area contributed by atoms with Crippen molar-refractivity contribution in [2.45, 2.75) is 0 Å². The molecule has 0 fully saturated rings. The lowest BCUT2D eigenvalue weighted by Crippen LogP contribution is -2.06. The third-order valence-electron chi connectivity index (χ3n) is 27.6. The van der Waals surface area contributed by atoms with Crippen LogP contribution in [0, 0.1) is 0 Å². The normalized spacial score (nSPS) is 12.1. The van der Waals surface area contributed by atoms with Gasteiger partial charge in [0.2, 0.25) is 17.8 Å². The number of hydrogen-bond donors (Lipinski definition) is 0. The van der Waals surface area contributed by atoms with Gasteiger partial charge in [-0.2, -0.15) is 9.97 Å². The van der Waals surface area contributed by atoms with E-state index in [1.807, 2.05) is 54.6 Å². The molecule has 0 amide bonds. The van der Waals surface area contributed by atoms with Crippen molar-refractivity contribution in [2.75, 3.05) is 0 Å². The number of nitrogens with zero attached hydrogens (tertiary/aromatic N) is 10. The topological polar surface area (TPSA) is 105 Å². The second-order valence-corrected chi connectivity index (χ2v) is 34.8. The monoisotopic (exact) mass is 1690 g/mol. The van der Waals surface area contributed by atoms with Gasteiger partial charge in [-0.3, -0.25) is 13.7 Å². The Morgan fingerprint density at radius 1 is 0.158 bits per heavy atom. The van der Waals surface area contributed by atoms with E-state index in [2.05, 4.69) is 396 Å². The van der Waals surface area contributed by atoms with Crippen LogP contribution in [0.2, 0.25) is 0 Å². The summed E-state index contributed by atoms with van der Waals surface area (Å²) in [5.41, 5.74) is 30.5. The van der Waals surface area contributed by atoms with Crippen LogP contribution in [-0.2, 0) is 0 Å². The lowest BCUT2D eigenvalue weighted by molar-refractivity contribution is 0.955. The van der Waals surface area contributed by atoms with Gasteiger partial charge in [-0.25, -0.2) is 24.9 Å². The zero-order valence-corrected chi connectivity index (χ0v) is 71.5. The van der Waals surface area contributed by atoms with Crippen LogP contribution in [0.5, 0.6) is 0 Å². The number of rotatable bonds is 8. The Balaban J connectivity index is 0.0000000996. The minimum Gasteiger partial charge on any atom is -0.277 e. The predicted molar refractivity (Wildman–Crippen MR) is 550 cm³/mol. The van der Waals surface area contributed by atoms with Gasteiger partial charge in [0.25, 0.3) is 0 Å². The number of benzene rings is 21. The summed E-state index contributed by atoms with van der Waals surface area (Å²) in [5, 5.41) is 23.2. The molecule has 0 atom stereocenters. The summed E-state index contributed by atoms with van der Waals surface area (Å²) in [5.74, 6) is 3.26. The SMILES string of the molecule is c1ccc(-c2cc(-c3ccccc3)nc(-n3c4ccc5cccc6c5c4c4c(cc5ccccc5c43)-c3ccccc3-6)n2)cc1.c1ccc(-c2nc(-c3ccccc3)nc(-n3c4ccc5cccc6c5c4c4c(cc5ccccc5c43)-c3ccccc3-6)n2)cc1.c1ccc(-c2nc(-n3c4ccc5cccc6c5c4c4c(cc5ccccc5c43)-c3ccccc3-6)nc3ccccc23)cc1. The average Bonchev–Trinajstić information content (AvgIpc) is 1.54. The van der Waals surface area contributed by atoms with Crippen molar-refractivity contribution in [1.29, 1.82) is 0 Å². The smallest absolute Gasteiger partial charge is 0.238 e. The van der Waals surface area contributed by atoms with E-state index in [1.54, 1.807) is 0 Å². The molecular weight excluding hydrogens is 1620 g/mol. The Morgan fingerprint density at radius 2 is 0.444 bits per heavy atom. The lowest BCUT2D eigenvalue weighted by atomic mass is 9.92. The molecule has 0 bridgehead atoms. The molecule has 3 aliphatic rings. The first-order valence-electron chi connectivity index (χ1n) is 45.3. The molecule has 614 valence electrons.